The van der Waals surface area contributed by atoms with Crippen molar-refractivity contribution in [3.63, 3.8) is 0 Å². The predicted molar refractivity (Wildman–Crippen MR) is 73.7 cm³/mol. The van der Waals surface area contributed by atoms with Crippen LogP contribution in [-0.2, 0) is 0 Å². The summed E-state index contributed by atoms with van der Waals surface area (Å²) in [5, 5.41) is 5.59. The van der Waals surface area contributed by atoms with Crippen molar-refractivity contribution >= 4 is 45.0 Å². The molecule has 1 aromatic rings. The van der Waals surface area contributed by atoms with Gasteiger partial charge in [-0.3, -0.25) is 4.99 Å². The van der Waals surface area contributed by atoms with Gasteiger partial charge >= 0.3 is 0 Å². The molecule has 1 N–H and O–H groups in total. The van der Waals surface area contributed by atoms with Crippen molar-refractivity contribution in [2.75, 3.05) is 13.7 Å². The van der Waals surface area contributed by atoms with Gasteiger partial charge in [0.25, 0.3) is 0 Å². The minimum Gasteiger partial charge on any atom is -0.443 e. The van der Waals surface area contributed by atoms with Gasteiger partial charge < -0.3 is 15.0 Å². The number of nitrogens with one attached hydrogen (secondary N) is 1. The molecule has 0 saturated carbocycles. The molecule has 2 heterocycles. The van der Waals surface area contributed by atoms with Crippen LogP contribution in [0.1, 0.15) is 0 Å². The van der Waals surface area contributed by atoms with Gasteiger partial charge in [0.15, 0.2) is 0 Å². The Hall–Kier alpha value is -0.910. The quantitative estimate of drug-likeness (QED) is 0.775. The molecule has 2 aliphatic rings. The van der Waals surface area contributed by atoms with Gasteiger partial charge in [0.2, 0.25) is 5.22 Å². The van der Waals surface area contributed by atoms with Crippen LogP contribution in [0.15, 0.2) is 26.9 Å². The zero-order valence-electron chi connectivity index (χ0n) is 9.30. The summed E-state index contributed by atoms with van der Waals surface area (Å²) in [4.78, 5) is 6.24. The summed E-state index contributed by atoms with van der Waals surface area (Å²) in [6, 6.07) is 1.79. The van der Waals surface area contributed by atoms with Crippen molar-refractivity contribution in [1.29, 1.82) is 0 Å². The number of hydrogen-bond acceptors (Lipinski definition) is 4. The zero-order chi connectivity index (χ0) is 12.9. The number of hydrogen-bond donors (Lipinski definition) is 1. The minimum atomic E-state index is 0.289. The summed E-state index contributed by atoms with van der Waals surface area (Å²) in [5.74, 6) is 1.50. The van der Waals surface area contributed by atoms with E-state index in [1.54, 1.807) is 12.3 Å². The lowest BCUT2D eigenvalue weighted by molar-refractivity contribution is 0.451. The highest BCUT2D eigenvalue weighted by Gasteiger charge is 2.20. The van der Waals surface area contributed by atoms with Gasteiger partial charge in [-0.2, -0.15) is 0 Å². The van der Waals surface area contributed by atoms with Gasteiger partial charge in [0.05, 0.1) is 21.8 Å². The fourth-order valence-electron chi connectivity index (χ4n) is 1.98. The molecule has 94 valence electrons. The van der Waals surface area contributed by atoms with Crippen LogP contribution in [0.3, 0.4) is 0 Å². The number of ether oxygens (including phenoxy) is 1. The third-order valence-electron chi connectivity index (χ3n) is 2.73. The summed E-state index contributed by atoms with van der Waals surface area (Å²) in [5.41, 5.74) is 0. The third kappa shape index (κ3) is 1.77. The molecule has 3 rings (SSSR count). The molecule has 0 unspecified atom stereocenters. The van der Waals surface area contributed by atoms with Crippen LogP contribution in [0.25, 0.3) is 5.82 Å². The molecule has 4 nitrogen and oxygen atoms in total. The van der Waals surface area contributed by atoms with E-state index in [0.717, 1.165) is 15.5 Å². The van der Waals surface area contributed by atoms with E-state index in [0.29, 0.717) is 22.8 Å². The fourth-order valence-corrected chi connectivity index (χ4v) is 2.81. The molecule has 0 saturated heterocycles. The van der Waals surface area contributed by atoms with Crippen LogP contribution in [-0.4, -0.2) is 18.6 Å². The molecule has 0 atom stereocenters. The second-order valence-corrected chi connectivity index (χ2v) is 5.49. The molecule has 0 bridgehead atoms. The largest absolute Gasteiger partial charge is 0.443 e. The summed E-state index contributed by atoms with van der Waals surface area (Å²) >= 11 is 15.7. The first-order valence-electron chi connectivity index (χ1n) is 5.16. The summed E-state index contributed by atoms with van der Waals surface area (Å²) in [6.45, 7) is 0.466. The van der Waals surface area contributed by atoms with Crippen molar-refractivity contribution in [1.82, 2.24) is 10.2 Å². The van der Waals surface area contributed by atoms with E-state index in [1.807, 2.05) is 11.9 Å². The number of halogens is 3. The average molecular weight is 349 g/mol. The maximum atomic E-state index is 6.26. The van der Waals surface area contributed by atoms with Crippen LogP contribution in [0, 0.1) is 0 Å². The van der Waals surface area contributed by atoms with Crippen LogP contribution < -0.4 is 20.6 Å². The lowest BCUT2D eigenvalue weighted by Gasteiger charge is -2.20. The van der Waals surface area contributed by atoms with Crippen LogP contribution in [0.5, 0.6) is 5.75 Å². The van der Waals surface area contributed by atoms with E-state index >= 15 is 0 Å². The van der Waals surface area contributed by atoms with E-state index in [4.69, 9.17) is 27.9 Å². The van der Waals surface area contributed by atoms with Gasteiger partial charge in [-0.15, -0.1) is 0 Å². The number of benzene rings is 1. The predicted octanol–water partition coefficient (Wildman–Crippen LogP) is 1.71. The minimum absolute atomic E-state index is 0.289. The number of rotatable bonds is 0. The third-order valence-corrected chi connectivity index (χ3v) is 4.15. The molecule has 0 spiro atoms. The Labute approximate surface area is 122 Å². The lowest BCUT2D eigenvalue weighted by Crippen LogP contribution is -2.43. The molecule has 2 aliphatic heterocycles. The Morgan fingerprint density at radius 2 is 2.28 bits per heavy atom. The second-order valence-electron chi connectivity index (χ2n) is 3.88. The molecule has 18 heavy (non-hydrogen) atoms. The number of nitrogens with zero attached hydrogens (tertiary/aromatic N) is 2. The van der Waals surface area contributed by atoms with Gasteiger partial charge in [-0.1, -0.05) is 11.6 Å². The van der Waals surface area contributed by atoms with Crippen molar-refractivity contribution in [2.45, 2.75) is 0 Å². The SMILES string of the molecule is CN1C=C(Cl)Oc2cc(Br)c(Cl)c3c2=C1NCN=3. The van der Waals surface area contributed by atoms with Crippen molar-refractivity contribution in [3.05, 3.63) is 37.6 Å². The Bertz CT molecular complexity index is 687. The topological polar surface area (TPSA) is 36.9 Å². The van der Waals surface area contributed by atoms with Gasteiger partial charge in [0.1, 0.15) is 18.2 Å². The maximum absolute atomic E-state index is 6.26. The molecule has 0 aliphatic carbocycles. The van der Waals surface area contributed by atoms with Crippen LogP contribution in [0.4, 0.5) is 0 Å². The first kappa shape index (κ1) is 12.1. The monoisotopic (exact) mass is 347 g/mol. The molecule has 1 aromatic carbocycles. The Kier molecular flexibility index (Phi) is 2.92. The highest BCUT2D eigenvalue weighted by atomic mass is 79.9. The van der Waals surface area contributed by atoms with Gasteiger partial charge in [-0.25, -0.2) is 0 Å². The first-order valence-corrected chi connectivity index (χ1v) is 6.71. The fraction of sp³-hybridized carbons (Fsp3) is 0.182. The van der Waals surface area contributed by atoms with E-state index in [2.05, 4.69) is 26.2 Å². The summed E-state index contributed by atoms with van der Waals surface area (Å²) < 4.78 is 6.32. The van der Waals surface area contributed by atoms with E-state index < -0.39 is 0 Å². The van der Waals surface area contributed by atoms with Gasteiger partial charge in [-0.05, 0) is 33.6 Å². The smallest absolute Gasteiger partial charge is 0.210 e. The molecule has 0 aromatic heterocycles. The standard InChI is InChI=1S/C11H8BrCl2N3O/c1-17-3-7(13)18-6-2-5(12)9(14)10-8(6)11(17)16-4-15-10/h2-3,16H,4H2,1H3. The van der Waals surface area contributed by atoms with Gasteiger partial charge in [0, 0.05) is 11.5 Å². The van der Waals surface area contributed by atoms with Crippen molar-refractivity contribution < 1.29 is 4.74 Å². The first-order chi connectivity index (χ1) is 8.58. The molecule has 0 fully saturated rings. The average Bonchev–Trinajstić information content (AvgIpc) is 2.45. The molecular formula is C11H8BrCl2N3O. The molecule has 7 heteroatoms. The zero-order valence-corrected chi connectivity index (χ0v) is 12.4. The van der Waals surface area contributed by atoms with E-state index in [1.165, 1.54) is 0 Å². The Balaban J connectivity index is 2.47. The normalized spacial score (nSPS) is 17.0. The highest BCUT2D eigenvalue weighted by molar-refractivity contribution is 9.10. The van der Waals surface area contributed by atoms with Crippen molar-refractivity contribution in [2.24, 2.45) is 4.99 Å². The molecule has 0 amide bonds. The van der Waals surface area contributed by atoms with E-state index in [-0.39, 0.29) is 5.22 Å². The lowest BCUT2D eigenvalue weighted by atomic mass is 10.2. The summed E-state index contributed by atoms with van der Waals surface area (Å²) in [7, 11) is 1.88. The highest BCUT2D eigenvalue weighted by Crippen LogP contribution is 2.25. The summed E-state index contributed by atoms with van der Waals surface area (Å²) in [6.07, 6.45) is 1.70. The molecular weight excluding hydrogens is 341 g/mol. The van der Waals surface area contributed by atoms with Crippen LogP contribution in [0.2, 0.25) is 5.02 Å². The van der Waals surface area contributed by atoms with Crippen LogP contribution >= 0.6 is 39.1 Å². The van der Waals surface area contributed by atoms with E-state index in [9.17, 15) is 0 Å². The molecule has 0 radical (unpaired) electrons. The second kappa shape index (κ2) is 4.33. The van der Waals surface area contributed by atoms with Crippen molar-refractivity contribution in [3.8, 4) is 5.75 Å². The maximum Gasteiger partial charge on any atom is 0.210 e. The Morgan fingerprint density at radius 3 is 3.06 bits per heavy atom. The Morgan fingerprint density at radius 1 is 1.50 bits per heavy atom.